The molecular weight excluding hydrogens is 275 g/mol. The summed E-state index contributed by atoms with van der Waals surface area (Å²) in [5.74, 6) is -0.727. The van der Waals surface area contributed by atoms with Crippen LogP contribution in [0.2, 0.25) is 0 Å². The monoisotopic (exact) mass is 283 g/mol. The molecule has 104 valence electrons. The standard InChI is InChI=1S/C12H8F3N3O2/c13-12(14,15)7-1-3-8(4-2-7)20-11(19)9-5-18-10(16)6-17-9/h1-6H,(H2,16,18). The van der Waals surface area contributed by atoms with E-state index in [2.05, 4.69) is 9.97 Å². The number of esters is 1. The first-order valence-electron chi connectivity index (χ1n) is 5.33. The molecular formula is C12H8F3N3O2. The molecule has 0 aliphatic rings. The predicted octanol–water partition coefficient (Wildman–Crippen LogP) is 2.30. The molecule has 0 saturated heterocycles. The molecule has 2 N–H and O–H groups in total. The molecule has 0 amide bonds. The lowest BCUT2D eigenvalue weighted by atomic mass is 10.2. The Morgan fingerprint density at radius 3 is 2.25 bits per heavy atom. The molecule has 0 spiro atoms. The number of anilines is 1. The number of halogens is 3. The number of ether oxygens (including phenoxy) is 1. The molecule has 0 saturated carbocycles. The van der Waals surface area contributed by atoms with E-state index in [4.69, 9.17) is 10.5 Å². The molecule has 8 heteroatoms. The average molecular weight is 283 g/mol. The van der Waals surface area contributed by atoms with Gasteiger partial charge in [0.15, 0.2) is 5.69 Å². The van der Waals surface area contributed by atoms with Crippen LogP contribution in [0.5, 0.6) is 5.75 Å². The number of alkyl halides is 3. The largest absolute Gasteiger partial charge is 0.422 e. The summed E-state index contributed by atoms with van der Waals surface area (Å²) in [4.78, 5) is 19.0. The van der Waals surface area contributed by atoms with E-state index in [0.717, 1.165) is 30.5 Å². The van der Waals surface area contributed by atoms with Crippen LogP contribution >= 0.6 is 0 Å². The smallest absolute Gasteiger partial charge is 0.416 e. The van der Waals surface area contributed by atoms with Gasteiger partial charge in [-0.15, -0.1) is 0 Å². The Hall–Kier alpha value is -2.64. The van der Waals surface area contributed by atoms with Crippen LogP contribution in [0.15, 0.2) is 36.7 Å². The van der Waals surface area contributed by atoms with Crippen LogP contribution in [0.25, 0.3) is 0 Å². The highest BCUT2D eigenvalue weighted by Gasteiger charge is 2.30. The Kier molecular flexibility index (Phi) is 3.55. The summed E-state index contributed by atoms with van der Waals surface area (Å²) < 4.78 is 41.9. The van der Waals surface area contributed by atoms with Gasteiger partial charge in [-0.3, -0.25) is 0 Å². The number of nitrogen functional groups attached to an aromatic ring is 1. The minimum absolute atomic E-state index is 0.0263. The van der Waals surface area contributed by atoms with Crippen molar-refractivity contribution < 1.29 is 22.7 Å². The zero-order valence-electron chi connectivity index (χ0n) is 9.89. The molecule has 2 rings (SSSR count). The van der Waals surface area contributed by atoms with Gasteiger partial charge in [0, 0.05) is 0 Å². The topological polar surface area (TPSA) is 78.1 Å². The van der Waals surface area contributed by atoms with E-state index < -0.39 is 17.7 Å². The SMILES string of the molecule is Nc1cnc(C(=O)Oc2ccc(C(F)(F)F)cc2)cn1. The molecule has 5 nitrogen and oxygen atoms in total. The van der Waals surface area contributed by atoms with Crippen LogP contribution in [-0.4, -0.2) is 15.9 Å². The fraction of sp³-hybridized carbons (Fsp3) is 0.0833. The maximum absolute atomic E-state index is 12.3. The molecule has 0 unspecified atom stereocenters. The highest BCUT2D eigenvalue weighted by atomic mass is 19.4. The van der Waals surface area contributed by atoms with Crippen molar-refractivity contribution in [2.75, 3.05) is 5.73 Å². The molecule has 0 atom stereocenters. The van der Waals surface area contributed by atoms with Gasteiger partial charge in [-0.2, -0.15) is 13.2 Å². The second-order valence-corrected chi connectivity index (χ2v) is 3.74. The molecule has 0 bridgehead atoms. The molecule has 20 heavy (non-hydrogen) atoms. The number of benzene rings is 1. The van der Waals surface area contributed by atoms with Gasteiger partial charge >= 0.3 is 12.1 Å². The van der Waals surface area contributed by atoms with E-state index in [1.54, 1.807) is 0 Å². The summed E-state index contributed by atoms with van der Waals surface area (Å²) >= 11 is 0. The number of hydrogen-bond donors (Lipinski definition) is 1. The molecule has 1 aromatic heterocycles. The molecule has 0 radical (unpaired) electrons. The zero-order valence-corrected chi connectivity index (χ0v) is 9.89. The Morgan fingerprint density at radius 1 is 1.10 bits per heavy atom. The van der Waals surface area contributed by atoms with Gasteiger partial charge in [0.1, 0.15) is 11.6 Å². The van der Waals surface area contributed by atoms with Crippen molar-refractivity contribution >= 4 is 11.8 Å². The Morgan fingerprint density at radius 2 is 1.75 bits per heavy atom. The lowest BCUT2D eigenvalue weighted by Crippen LogP contribution is -2.12. The first-order valence-corrected chi connectivity index (χ1v) is 5.33. The number of nitrogens with two attached hydrogens (primary N) is 1. The van der Waals surface area contributed by atoms with Gasteiger partial charge in [-0.1, -0.05) is 0 Å². The summed E-state index contributed by atoms with van der Waals surface area (Å²) in [5, 5.41) is 0. The molecule has 1 heterocycles. The minimum Gasteiger partial charge on any atom is -0.422 e. The van der Waals surface area contributed by atoms with Crippen LogP contribution in [0.1, 0.15) is 16.1 Å². The van der Waals surface area contributed by atoms with E-state index in [1.165, 1.54) is 6.20 Å². The molecule has 0 aliphatic carbocycles. The van der Waals surface area contributed by atoms with E-state index in [0.29, 0.717) is 0 Å². The van der Waals surface area contributed by atoms with E-state index in [9.17, 15) is 18.0 Å². The normalized spacial score (nSPS) is 11.2. The van der Waals surface area contributed by atoms with Crippen molar-refractivity contribution in [1.82, 2.24) is 9.97 Å². The highest BCUT2D eigenvalue weighted by Crippen LogP contribution is 2.30. The lowest BCUT2D eigenvalue weighted by Gasteiger charge is -2.07. The second-order valence-electron chi connectivity index (χ2n) is 3.74. The fourth-order valence-electron chi connectivity index (χ4n) is 1.31. The van der Waals surface area contributed by atoms with E-state index in [1.807, 2.05) is 0 Å². The fourth-order valence-corrected chi connectivity index (χ4v) is 1.31. The Bertz CT molecular complexity index is 609. The van der Waals surface area contributed by atoms with Gasteiger partial charge in [0.25, 0.3) is 0 Å². The van der Waals surface area contributed by atoms with Crippen molar-refractivity contribution in [2.24, 2.45) is 0 Å². The maximum atomic E-state index is 12.3. The number of hydrogen-bond acceptors (Lipinski definition) is 5. The van der Waals surface area contributed by atoms with Crippen molar-refractivity contribution in [3.05, 3.63) is 47.9 Å². The zero-order chi connectivity index (χ0) is 14.8. The summed E-state index contributed by atoms with van der Waals surface area (Å²) in [6.07, 6.45) is -2.16. The number of carbonyl (C=O) groups is 1. The quantitative estimate of drug-likeness (QED) is 0.676. The van der Waals surface area contributed by atoms with Crippen molar-refractivity contribution in [3.8, 4) is 5.75 Å². The summed E-state index contributed by atoms with van der Waals surface area (Å²) in [5.41, 5.74) is 4.38. The minimum atomic E-state index is -4.44. The Balaban J connectivity index is 2.10. The van der Waals surface area contributed by atoms with Crippen molar-refractivity contribution in [3.63, 3.8) is 0 Å². The number of rotatable bonds is 2. The van der Waals surface area contributed by atoms with E-state index in [-0.39, 0.29) is 17.3 Å². The van der Waals surface area contributed by atoms with Crippen molar-refractivity contribution in [1.29, 1.82) is 0 Å². The van der Waals surface area contributed by atoms with Gasteiger partial charge in [0.2, 0.25) is 0 Å². The van der Waals surface area contributed by atoms with Gasteiger partial charge in [0.05, 0.1) is 18.0 Å². The summed E-state index contributed by atoms with van der Waals surface area (Å²) in [7, 11) is 0. The first kappa shape index (κ1) is 13.8. The average Bonchev–Trinajstić information content (AvgIpc) is 2.39. The number of aromatic nitrogens is 2. The van der Waals surface area contributed by atoms with Crippen LogP contribution in [0.3, 0.4) is 0 Å². The van der Waals surface area contributed by atoms with Crippen LogP contribution in [0.4, 0.5) is 19.0 Å². The second kappa shape index (κ2) is 5.16. The third-order valence-corrected chi connectivity index (χ3v) is 2.27. The van der Waals surface area contributed by atoms with Gasteiger partial charge < -0.3 is 10.5 Å². The molecule has 2 aromatic rings. The third-order valence-electron chi connectivity index (χ3n) is 2.27. The number of nitrogens with zero attached hydrogens (tertiary/aromatic N) is 2. The third kappa shape index (κ3) is 3.22. The van der Waals surface area contributed by atoms with Crippen LogP contribution in [0, 0.1) is 0 Å². The molecule has 1 aromatic carbocycles. The highest BCUT2D eigenvalue weighted by molar-refractivity contribution is 5.88. The van der Waals surface area contributed by atoms with E-state index >= 15 is 0 Å². The lowest BCUT2D eigenvalue weighted by molar-refractivity contribution is -0.137. The van der Waals surface area contributed by atoms with Crippen LogP contribution < -0.4 is 10.5 Å². The van der Waals surface area contributed by atoms with Gasteiger partial charge in [-0.05, 0) is 24.3 Å². The maximum Gasteiger partial charge on any atom is 0.416 e. The number of carbonyl (C=O) groups excluding carboxylic acids is 1. The molecule has 0 fully saturated rings. The van der Waals surface area contributed by atoms with Crippen LogP contribution in [-0.2, 0) is 6.18 Å². The molecule has 0 aliphatic heterocycles. The van der Waals surface area contributed by atoms with Crippen molar-refractivity contribution in [2.45, 2.75) is 6.18 Å². The summed E-state index contributed by atoms with van der Waals surface area (Å²) in [6.45, 7) is 0. The van der Waals surface area contributed by atoms with Gasteiger partial charge in [-0.25, -0.2) is 14.8 Å². The predicted molar refractivity (Wildman–Crippen MR) is 62.8 cm³/mol. The summed E-state index contributed by atoms with van der Waals surface area (Å²) in [6, 6.07) is 3.73. The Labute approximate surface area is 111 Å². The first-order chi connectivity index (χ1) is 9.36.